The third-order valence-electron chi connectivity index (χ3n) is 9.35. The minimum atomic E-state index is -0.195. The van der Waals surface area contributed by atoms with Crippen LogP contribution in [0.2, 0.25) is 0 Å². The Morgan fingerprint density at radius 2 is 1.74 bits per heavy atom. The molecular formula is C23H36O4. The molecule has 4 nitrogen and oxygen atoms in total. The van der Waals surface area contributed by atoms with Crippen LogP contribution in [-0.4, -0.2) is 29.1 Å². The number of ketones is 1. The maximum absolute atomic E-state index is 12.4. The topological polar surface area (TPSA) is 63.6 Å². The number of rotatable bonds is 2. The molecule has 4 aliphatic carbocycles. The van der Waals surface area contributed by atoms with Gasteiger partial charge in [-0.3, -0.25) is 9.59 Å². The van der Waals surface area contributed by atoms with Gasteiger partial charge in [0.25, 0.3) is 0 Å². The van der Waals surface area contributed by atoms with Crippen LogP contribution in [0.15, 0.2) is 0 Å². The first-order valence-corrected chi connectivity index (χ1v) is 11.0. The van der Waals surface area contributed by atoms with E-state index in [1.54, 1.807) is 6.92 Å². The molecule has 4 aliphatic rings. The van der Waals surface area contributed by atoms with Gasteiger partial charge >= 0.3 is 5.97 Å². The van der Waals surface area contributed by atoms with E-state index in [0.29, 0.717) is 29.5 Å². The van der Waals surface area contributed by atoms with Crippen LogP contribution in [0, 0.1) is 40.4 Å². The van der Waals surface area contributed by atoms with Gasteiger partial charge in [0, 0.05) is 18.8 Å². The maximum Gasteiger partial charge on any atom is 0.302 e. The average molecular weight is 377 g/mol. The molecule has 0 aromatic carbocycles. The molecule has 0 spiro atoms. The standard InChI is InChI=1S/C23H36O4/c1-13(24)18-7-8-19-17-6-5-15-11-16(26)9-10-22(15,3)21(17)20(27-14(2)25)12-23(18,19)4/h15-21,26H,5-12H2,1-4H3/t15?,16-,17+,18-,19+,20-,21-,22+,23-/m1/s1. The van der Waals surface area contributed by atoms with Gasteiger partial charge in [-0.1, -0.05) is 13.8 Å². The van der Waals surface area contributed by atoms with E-state index in [0.717, 1.165) is 44.9 Å². The summed E-state index contributed by atoms with van der Waals surface area (Å²) in [6.07, 6.45) is 7.80. The number of Topliss-reactive ketones (excluding diaryl/α,β-unsaturated/α-hetero) is 1. The minimum absolute atomic E-state index is 0.0372. The summed E-state index contributed by atoms with van der Waals surface area (Å²) in [4.78, 5) is 24.4. The average Bonchev–Trinajstić information content (AvgIpc) is 2.91. The second kappa shape index (κ2) is 6.57. The molecule has 4 rings (SSSR count). The monoisotopic (exact) mass is 376 g/mol. The van der Waals surface area contributed by atoms with Crippen molar-refractivity contribution in [2.24, 2.45) is 40.4 Å². The van der Waals surface area contributed by atoms with Gasteiger partial charge in [-0.25, -0.2) is 0 Å². The lowest BCUT2D eigenvalue weighted by molar-refractivity contribution is -0.197. The van der Waals surface area contributed by atoms with Crippen molar-refractivity contribution in [3.63, 3.8) is 0 Å². The number of hydrogen-bond donors (Lipinski definition) is 1. The van der Waals surface area contributed by atoms with Crippen LogP contribution >= 0.6 is 0 Å². The Labute approximate surface area is 163 Å². The fraction of sp³-hybridized carbons (Fsp3) is 0.913. The Kier molecular flexibility index (Phi) is 4.73. The van der Waals surface area contributed by atoms with Gasteiger partial charge in [0.05, 0.1) is 6.10 Å². The number of aliphatic hydroxyl groups is 1. The van der Waals surface area contributed by atoms with Crippen molar-refractivity contribution >= 4 is 11.8 Å². The van der Waals surface area contributed by atoms with E-state index in [-0.39, 0.29) is 34.9 Å². The molecule has 0 aliphatic heterocycles. The highest BCUT2D eigenvalue weighted by atomic mass is 16.5. The van der Waals surface area contributed by atoms with E-state index in [4.69, 9.17) is 4.74 Å². The molecular weight excluding hydrogens is 340 g/mol. The molecule has 4 fully saturated rings. The van der Waals surface area contributed by atoms with Crippen molar-refractivity contribution in [1.29, 1.82) is 0 Å². The van der Waals surface area contributed by atoms with Crippen molar-refractivity contribution < 1.29 is 19.4 Å². The molecule has 0 aromatic rings. The van der Waals surface area contributed by atoms with Crippen LogP contribution in [0.5, 0.6) is 0 Å². The molecule has 0 heterocycles. The van der Waals surface area contributed by atoms with Gasteiger partial charge in [0.2, 0.25) is 0 Å². The third kappa shape index (κ3) is 2.89. The van der Waals surface area contributed by atoms with Gasteiger partial charge in [-0.05, 0) is 86.9 Å². The second-order valence-electron chi connectivity index (χ2n) is 10.6. The van der Waals surface area contributed by atoms with E-state index in [1.807, 2.05) is 0 Å². The quantitative estimate of drug-likeness (QED) is 0.736. The van der Waals surface area contributed by atoms with Crippen molar-refractivity contribution in [1.82, 2.24) is 0 Å². The molecule has 27 heavy (non-hydrogen) atoms. The lowest BCUT2D eigenvalue weighted by Crippen LogP contribution is -2.60. The molecule has 0 aromatic heterocycles. The predicted molar refractivity (Wildman–Crippen MR) is 103 cm³/mol. The third-order valence-corrected chi connectivity index (χ3v) is 9.35. The summed E-state index contributed by atoms with van der Waals surface area (Å²) in [5, 5.41) is 10.2. The number of esters is 1. The zero-order valence-corrected chi connectivity index (χ0v) is 17.4. The predicted octanol–water partition coefficient (Wildman–Crippen LogP) is 4.14. The normalized spacial score (nSPS) is 51.7. The molecule has 1 unspecified atom stereocenters. The van der Waals surface area contributed by atoms with Gasteiger partial charge < -0.3 is 9.84 Å². The Morgan fingerprint density at radius 3 is 2.41 bits per heavy atom. The SMILES string of the molecule is CC(=O)O[C@@H]1C[C@]2(C)[C@@H](C(C)=O)CC[C@H]2[C@@H]2CCC3C[C@H](O)CC[C@]3(C)[C@H]21. The number of carbonyl (C=O) groups is 2. The summed E-state index contributed by atoms with van der Waals surface area (Å²) in [5.41, 5.74) is 0.0996. The first-order chi connectivity index (χ1) is 12.7. The van der Waals surface area contributed by atoms with Crippen LogP contribution in [0.25, 0.3) is 0 Å². The Hall–Kier alpha value is -0.900. The second-order valence-corrected chi connectivity index (χ2v) is 10.6. The maximum atomic E-state index is 12.4. The number of aliphatic hydroxyl groups excluding tert-OH is 1. The zero-order valence-electron chi connectivity index (χ0n) is 17.4. The van der Waals surface area contributed by atoms with Gasteiger partial charge in [-0.15, -0.1) is 0 Å². The number of hydrogen-bond acceptors (Lipinski definition) is 4. The molecule has 4 heteroatoms. The highest BCUT2D eigenvalue weighted by Gasteiger charge is 2.64. The summed E-state index contributed by atoms with van der Waals surface area (Å²) in [7, 11) is 0. The Morgan fingerprint density at radius 1 is 1.00 bits per heavy atom. The number of fused-ring (bicyclic) bond motifs is 5. The van der Waals surface area contributed by atoms with Gasteiger partial charge in [0.1, 0.15) is 11.9 Å². The minimum Gasteiger partial charge on any atom is -0.462 e. The van der Waals surface area contributed by atoms with Crippen LogP contribution < -0.4 is 0 Å². The lowest BCUT2D eigenvalue weighted by Gasteiger charge is -2.62. The molecule has 152 valence electrons. The molecule has 0 saturated heterocycles. The van der Waals surface area contributed by atoms with Crippen molar-refractivity contribution in [3.05, 3.63) is 0 Å². The fourth-order valence-electron chi connectivity index (χ4n) is 8.31. The summed E-state index contributed by atoms with van der Waals surface area (Å²) in [6, 6.07) is 0. The van der Waals surface area contributed by atoms with E-state index in [2.05, 4.69) is 13.8 Å². The first-order valence-electron chi connectivity index (χ1n) is 11.0. The van der Waals surface area contributed by atoms with Crippen molar-refractivity contribution in [2.45, 2.75) is 91.3 Å². The Bertz CT molecular complexity index is 630. The molecule has 0 radical (unpaired) electrons. The smallest absolute Gasteiger partial charge is 0.302 e. The van der Waals surface area contributed by atoms with E-state index >= 15 is 0 Å². The summed E-state index contributed by atoms with van der Waals surface area (Å²) >= 11 is 0. The summed E-state index contributed by atoms with van der Waals surface area (Å²) in [6.45, 7) is 7.96. The van der Waals surface area contributed by atoms with Crippen molar-refractivity contribution in [2.75, 3.05) is 0 Å². The van der Waals surface area contributed by atoms with Crippen LogP contribution in [0.3, 0.4) is 0 Å². The van der Waals surface area contributed by atoms with Crippen LogP contribution in [0.4, 0.5) is 0 Å². The molecule has 9 atom stereocenters. The molecule has 1 N–H and O–H groups in total. The summed E-state index contributed by atoms with van der Waals surface area (Å²) in [5.74, 6) is 2.22. The molecule has 0 amide bonds. The van der Waals surface area contributed by atoms with Crippen molar-refractivity contribution in [3.8, 4) is 0 Å². The molecule has 0 bridgehead atoms. The largest absolute Gasteiger partial charge is 0.462 e. The zero-order chi connectivity index (χ0) is 19.6. The number of carbonyl (C=O) groups excluding carboxylic acids is 2. The van der Waals surface area contributed by atoms with Gasteiger partial charge in [0.15, 0.2) is 0 Å². The highest BCUT2D eigenvalue weighted by molar-refractivity contribution is 5.79. The summed E-state index contributed by atoms with van der Waals surface area (Å²) < 4.78 is 5.99. The van der Waals surface area contributed by atoms with E-state index < -0.39 is 0 Å². The Balaban J connectivity index is 1.72. The highest BCUT2D eigenvalue weighted by Crippen LogP contribution is 2.68. The number of ether oxygens (including phenoxy) is 1. The fourth-order valence-corrected chi connectivity index (χ4v) is 8.31. The van der Waals surface area contributed by atoms with Crippen LogP contribution in [0.1, 0.15) is 79.1 Å². The molecule has 4 saturated carbocycles. The van der Waals surface area contributed by atoms with Gasteiger partial charge in [-0.2, -0.15) is 0 Å². The van der Waals surface area contributed by atoms with E-state index in [1.165, 1.54) is 13.3 Å². The van der Waals surface area contributed by atoms with E-state index in [9.17, 15) is 14.7 Å². The first kappa shape index (κ1) is 19.4. The van der Waals surface area contributed by atoms with Crippen LogP contribution in [-0.2, 0) is 14.3 Å². The lowest BCUT2D eigenvalue weighted by atomic mass is 9.43.